The molecule has 0 fully saturated rings. The van der Waals surface area contributed by atoms with Crippen molar-refractivity contribution in [1.82, 2.24) is 4.57 Å². The second-order valence-electron chi connectivity index (χ2n) is 7.30. The Hall–Kier alpha value is -3.41. The fourth-order valence-corrected chi connectivity index (χ4v) is 3.76. The highest BCUT2D eigenvalue weighted by Gasteiger charge is 2.29. The highest BCUT2D eigenvalue weighted by Crippen LogP contribution is 2.25. The third kappa shape index (κ3) is 3.92. The van der Waals surface area contributed by atoms with Crippen LogP contribution in [-0.2, 0) is 29.0 Å². The van der Waals surface area contributed by atoms with Crippen molar-refractivity contribution < 1.29 is 18.9 Å². The number of aryl methyl sites for hydroxylation is 1. The van der Waals surface area contributed by atoms with Crippen molar-refractivity contribution in [3.63, 3.8) is 0 Å². The van der Waals surface area contributed by atoms with E-state index in [1.165, 1.54) is 18.5 Å². The molecule has 3 aromatic rings. The van der Waals surface area contributed by atoms with Crippen LogP contribution in [0.25, 0.3) is 11.3 Å². The first-order valence-corrected chi connectivity index (χ1v) is 9.72. The number of imidazole rings is 1. The van der Waals surface area contributed by atoms with Gasteiger partial charge in [-0.15, -0.1) is 0 Å². The molecule has 6 heteroatoms. The molecule has 0 radical (unpaired) electrons. The average molecular weight is 390 g/mol. The van der Waals surface area contributed by atoms with E-state index in [0.717, 1.165) is 30.6 Å². The minimum atomic E-state index is -0.397. The van der Waals surface area contributed by atoms with E-state index in [2.05, 4.69) is 47.3 Å². The molecule has 1 amide bonds. The van der Waals surface area contributed by atoms with Crippen molar-refractivity contribution in [3.8, 4) is 11.3 Å². The quantitative estimate of drug-likeness (QED) is 0.538. The summed E-state index contributed by atoms with van der Waals surface area (Å²) in [5, 5.41) is 2.90. The van der Waals surface area contributed by atoms with Crippen molar-refractivity contribution >= 4 is 17.6 Å². The van der Waals surface area contributed by atoms with Crippen molar-refractivity contribution in [2.24, 2.45) is 0 Å². The number of amides is 1. The molecule has 1 aromatic heterocycles. The van der Waals surface area contributed by atoms with E-state index in [4.69, 9.17) is 4.74 Å². The van der Waals surface area contributed by atoms with Gasteiger partial charge in [-0.1, -0.05) is 29.8 Å². The van der Waals surface area contributed by atoms with Gasteiger partial charge in [0.2, 0.25) is 0 Å². The summed E-state index contributed by atoms with van der Waals surface area (Å²) in [7, 11) is 1.34. The summed E-state index contributed by atoms with van der Waals surface area (Å²) in [6.45, 7) is 3.30. The predicted octanol–water partition coefficient (Wildman–Crippen LogP) is 3.12. The first-order chi connectivity index (χ1) is 14.0. The van der Waals surface area contributed by atoms with E-state index >= 15 is 0 Å². The number of methoxy groups -OCH3 is 1. The Balaban J connectivity index is 1.51. The summed E-state index contributed by atoms with van der Waals surface area (Å²) in [6, 6.07) is 15.2. The molecule has 29 heavy (non-hydrogen) atoms. The molecule has 0 saturated carbocycles. The Labute approximate surface area is 169 Å². The number of hydrogen-bond donors (Lipinski definition) is 1. The lowest BCUT2D eigenvalue weighted by molar-refractivity contribution is -0.690. The maximum Gasteiger partial charge on any atom is 0.337 e. The van der Waals surface area contributed by atoms with Crippen LogP contribution in [0.4, 0.5) is 5.69 Å². The van der Waals surface area contributed by atoms with Crippen LogP contribution in [0.1, 0.15) is 28.2 Å². The second kappa shape index (κ2) is 7.91. The molecule has 0 aliphatic carbocycles. The number of esters is 1. The molecule has 0 unspecified atom stereocenters. The number of ether oxygens (including phenoxy) is 1. The monoisotopic (exact) mass is 390 g/mol. The molecule has 0 saturated heterocycles. The molecule has 2 aromatic carbocycles. The Morgan fingerprint density at radius 1 is 1.10 bits per heavy atom. The molecule has 0 spiro atoms. The number of nitrogens with one attached hydrogen (secondary N) is 1. The van der Waals surface area contributed by atoms with Crippen LogP contribution in [0.15, 0.2) is 54.7 Å². The largest absolute Gasteiger partial charge is 0.465 e. The van der Waals surface area contributed by atoms with Crippen LogP contribution < -0.4 is 9.88 Å². The molecule has 2 heterocycles. The second-order valence-corrected chi connectivity index (χ2v) is 7.30. The third-order valence-corrected chi connectivity index (χ3v) is 5.25. The van der Waals surface area contributed by atoms with Crippen LogP contribution in [0, 0.1) is 6.92 Å². The van der Waals surface area contributed by atoms with Gasteiger partial charge in [-0.05, 0) is 37.6 Å². The van der Waals surface area contributed by atoms with Gasteiger partial charge in [0.25, 0.3) is 11.7 Å². The van der Waals surface area contributed by atoms with Crippen molar-refractivity contribution in [2.75, 3.05) is 12.4 Å². The predicted molar refractivity (Wildman–Crippen MR) is 110 cm³/mol. The Bertz CT molecular complexity index is 1050. The number of carbonyl (C=O) groups excluding carboxylic acids is 2. The summed E-state index contributed by atoms with van der Waals surface area (Å²) in [4.78, 5) is 24.1. The van der Waals surface area contributed by atoms with Crippen molar-refractivity contribution in [3.05, 3.63) is 71.7 Å². The molecular formula is C23H24N3O3+. The van der Waals surface area contributed by atoms with E-state index in [1.54, 1.807) is 24.3 Å². The smallest absolute Gasteiger partial charge is 0.337 e. The molecule has 0 atom stereocenters. The maximum atomic E-state index is 12.6. The highest BCUT2D eigenvalue weighted by molar-refractivity contribution is 5.92. The zero-order valence-electron chi connectivity index (χ0n) is 16.6. The molecule has 6 nitrogen and oxygen atoms in total. The standard InChI is InChI=1S/C23H23N3O3/c1-16-5-7-17(8-6-16)20-14-25(22-4-3-13-26(20)22)15-21(27)24-19-11-9-18(10-12-19)23(28)29-2/h5-12,14H,3-4,13,15H2,1-2H3/p+1. The minimum Gasteiger partial charge on any atom is -0.465 e. The third-order valence-electron chi connectivity index (χ3n) is 5.25. The number of nitrogens with zero attached hydrogens (tertiary/aromatic N) is 2. The number of anilines is 1. The van der Waals surface area contributed by atoms with Crippen LogP contribution in [-0.4, -0.2) is 23.6 Å². The topological polar surface area (TPSA) is 64.2 Å². The lowest BCUT2D eigenvalue weighted by Gasteiger charge is -2.05. The van der Waals surface area contributed by atoms with E-state index in [-0.39, 0.29) is 12.5 Å². The van der Waals surface area contributed by atoms with Gasteiger partial charge in [0.15, 0.2) is 12.2 Å². The summed E-state index contributed by atoms with van der Waals surface area (Å²) >= 11 is 0. The highest BCUT2D eigenvalue weighted by atomic mass is 16.5. The fourth-order valence-electron chi connectivity index (χ4n) is 3.76. The van der Waals surface area contributed by atoms with Crippen molar-refractivity contribution in [1.29, 1.82) is 0 Å². The molecule has 1 aliphatic heterocycles. The van der Waals surface area contributed by atoms with Gasteiger partial charge in [0, 0.05) is 11.3 Å². The number of fused-ring (bicyclic) bond motifs is 1. The van der Waals surface area contributed by atoms with Gasteiger partial charge in [-0.2, -0.15) is 0 Å². The van der Waals surface area contributed by atoms with Crippen LogP contribution in [0.3, 0.4) is 0 Å². The Morgan fingerprint density at radius 2 is 1.83 bits per heavy atom. The fraction of sp³-hybridized carbons (Fsp3) is 0.261. The lowest BCUT2D eigenvalue weighted by Crippen LogP contribution is -2.42. The normalized spacial score (nSPS) is 12.5. The minimum absolute atomic E-state index is 0.100. The molecular weight excluding hydrogens is 366 g/mol. The molecule has 1 N–H and O–H groups in total. The lowest BCUT2D eigenvalue weighted by atomic mass is 10.1. The summed E-state index contributed by atoms with van der Waals surface area (Å²) < 4.78 is 9.04. The Morgan fingerprint density at radius 3 is 2.52 bits per heavy atom. The van der Waals surface area contributed by atoms with E-state index in [9.17, 15) is 9.59 Å². The zero-order valence-corrected chi connectivity index (χ0v) is 16.6. The van der Waals surface area contributed by atoms with E-state index in [0.29, 0.717) is 11.3 Å². The van der Waals surface area contributed by atoms with Crippen LogP contribution >= 0.6 is 0 Å². The maximum absolute atomic E-state index is 12.6. The number of carbonyl (C=O) groups is 2. The molecule has 1 aliphatic rings. The number of benzene rings is 2. The van der Waals surface area contributed by atoms with Crippen LogP contribution in [0.5, 0.6) is 0 Å². The van der Waals surface area contributed by atoms with Gasteiger partial charge in [-0.25, -0.2) is 13.9 Å². The van der Waals surface area contributed by atoms with E-state index < -0.39 is 5.97 Å². The van der Waals surface area contributed by atoms with Gasteiger partial charge >= 0.3 is 5.97 Å². The van der Waals surface area contributed by atoms with Crippen molar-refractivity contribution in [2.45, 2.75) is 32.9 Å². The van der Waals surface area contributed by atoms with E-state index in [1.807, 2.05) is 4.57 Å². The number of aromatic nitrogens is 2. The number of hydrogen-bond acceptors (Lipinski definition) is 3. The van der Waals surface area contributed by atoms with Gasteiger partial charge in [0.1, 0.15) is 6.20 Å². The van der Waals surface area contributed by atoms with Gasteiger partial charge < -0.3 is 10.1 Å². The molecule has 0 bridgehead atoms. The Kier molecular flexibility index (Phi) is 5.16. The first-order valence-electron chi connectivity index (χ1n) is 9.72. The SMILES string of the molecule is COC(=O)c1ccc(NC(=O)C[n+]2cc(-c3ccc(C)cc3)n3c2CCC3)cc1. The summed E-state index contributed by atoms with van der Waals surface area (Å²) in [6.07, 6.45) is 4.12. The first kappa shape index (κ1) is 18.9. The van der Waals surface area contributed by atoms with Gasteiger partial charge in [0.05, 0.1) is 25.6 Å². The summed E-state index contributed by atoms with van der Waals surface area (Å²) in [5.41, 5.74) is 4.64. The zero-order chi connectivity index (χ0) is 20.4. The average Bonchev–Trinajstić information content (AvgIpc) is 3.33. The molecule has 148 valence electrons. The van der Waals surface area contributed by atoms with Crippen LogP contribution in [0.2, 0.25) is 0 Å². The van der Waals surface area contributed by atoms with Gasteiger partial charge in [-0.3, -0.25) is 4.79 Å². The number of rotatable bonds is 5. The molecule has 4 rings (SSSR count). The summed E-state index contributed by atoms with van der Waals surface area (Å²) in [5.74, 6) is 0.680.